The standard InChI is InChI=1S/C13H9F3.C7H11NO.C3H6O.2C2H6.CH3BF2N/c1-8-3-2-4-12(13(8)16)9-5-10(14)7-11(15)6-9;9-6-8-4-3-7(5-8)1-2-7;1-2-4-3-1;2*1-2;3-1(4)2-5/h2-7H,1H3;6H,1-5H2;1-3H2;2*1-2H3;1H,5H2. The maximum absolute atomic E-state index is 13.7. The minimum absolute atomic E-state index is 0.207. The Morgan fingerprint density at radius 2 is 1.50 bits per heavy atom. The molecule has 2 aliphatic heterocycles. The number of rotatable bonds is 3. The van der Waals surface area contributed by atoms with Crippen molar-refractivity contribution in [2.24, 2.45) is 11.1 Å². The second-order valence-electron chi connectivity index (χ2n) is 8.41. The van der Waals surface area contributed by atoms with Gasteiger partial charge in [0, 0.05) is 37.9 Å². The van der Waals surface area contributed by atoms with Gasteiger partial charge in [-0.1, -0.05) is 45.9 Å². The molecule has 5 rings (SSSR count). The van der Waals surface area contributed by atoms with E-state index in [1.54, 1.807) is 19.1 Å². The van der Waals surface area contributed by atoms with Gasteiger partial charge in [0.25, 0.3) is 7.41 Å². The number of likely N-dealkylation sites (tertiary alicyclic amines) is 1. The summed E-state index contributed by atoms with van der Waals surface area (Å²) in [6.45, 7) is 13.6. The summed E-state index contributed by atoms with van der Waals surface area (Å²) in [4.78, 5) is 12.1. The summed E-state index contributed by atoms with van der Waals surface area (Å²) < 4.78 is 65.6. The second kappa shape index (κ2) is 19.6. The van der Waals surface area contributed by atoms with E-state index in [9.17, 15) is 26.7 Å². The first-order chi connectivity index (χ1) is 18.2. The first-order valence-corrected chi connectivity index (χ1v) is 13.0. The van der Waals surface area contributed by atoms with Crippen molar-refractivity contribution in [1.82, 2.24) is 4.90 Å². The van der Waals surface area contributed by atoms with Gasteiger partial charge in [-0.2, -0.15) is 0 Å². The molecule has 4 nitrogen and oxygen atoms in total. The molecular weight excluding hydrogens is 502 g/mol. The van der Waals surface area contributed by atoms with Crippen LogP contribution in [-0.4, -0.2) is 51.4 Å². The van der Waals surface area contributed by atoms with Crippen molar-refractivity contribution in [3.63, 3.8) is 0 Å². The molecule has 2 heterocycles. The molecule has 1 radical (unpaired) electrons. The van der Waals surface area contributed by atoms with E-state index in [-0.39, 0.29) is 11.1 Å². The third-order valence-corrected chi connectivity index (χ3v) is 5.66. The topological polar surface area (TPSA) is 55.6 Å². The number of amides is 1. The fourth-order valence-electron chi connectivity index (χ4n) is 3.37. The van der Waals surface area contributed by atoms with E-state index >= 15 is 0 Å². The maximum atomic E-state index is 13.7. The third-order valence-electron chi connectivity index (χ3n) is 5.66. The molecule has 3 fully saturated rings. The fourth-order valence-corrected chi connectivity index (χ4v) is 3.37. The third kappa shape index (κ3) is 13.4. The molecule has 10 heteroatoms. The molecule has 2 aromatic carbocycles. The monoisotopic (exact) mass is 543 g/mol. The van der Waals surface area contributed by atoms with Crippen LogP contribution in [0.1, 0.15) is 58.9 Å². The maximum Gasteiger partial charge on any atom is 0.291 e. The van der Waals surface area contributed by atoms with Gasteiger partial charge in [-0.25, -0.2) is 22.0 Å². The number of alkyl halides is 2. The molecule has 3 aliphatic rings. The number of aryl methyl sites for hydroxylation is 1. The predicted octanol–water partition coefficient (Wildman–Crippen LogP) is 6.95. The van der Waals surface area contributed by atoms with Crippen molar-refractivity contribution in [3.8, 4) is 11.1 Å². The summed E-state index contributed by atoms with van der Waals surface area (Å²) in [7, 11) is 0.333. The minimum Gasteiger partial charge on any atom is -0.381 e. The van der Waals surface area contributed by atoms with Crippen LogP contribution in [0.5, 0.6) is 0 Å². The van der Waals surface area contributed by atoms with Crippen LogP contribution >= 0.6 is 0 Å². The Labute approximate surface area is 225 Å². The Balaban J connectivity index is 0.000000522. The first kappa shape index (κ1) is 35.5. The van der Waals surface area contributed by atoms with Crippen LogP contribution in [0.4, 0.5) is 22.0 Å². The molecule has 1 amide bonds. The lowest BCUT2D eigenvalue weighted by Crippen LogP contribution is -2.18. The number of carbonyl (C=O) groups is 1. The van der Waals surface area contributed by atoms with Gasteiger partial charge in [-0.15, -0.1) is 0 Å². The first-order valence-electron chi connectivity index (χ1n) is 13.0. The van der Waals surface area contributed by atoms with Crippen LogP contribution < -0.4 is 5.64 Å². The normalized spacial score (nSPS) is 15.3. The molecule has 0 aromatic heterocycles. The Hall–Kier alpha value is -2.46. The summed E-state index contributed by atoms with van der Waals surface area (Å²) in [5, 5.41) is 0. The molecule has 1 spiro atoms. The lowest BCUT2D eigenvalue weighted by molar-refractivity contribution is -0.117. The Morgan fingerprint density at radius 3 is 1.84 bits per heavy atom. The molecule has 2 N–H and O–H groups in total. The van der Waals surface area contributed by atoms with Gasteiger partial charge in [0.15, 0.2) is 0 Å². The van der Waals surface area contributed by atoms with Crippen LogP contribution in [0.25, 0.3) is 11.1 Å². The van der Waals surface area contributed by atoms with Crippen molar-refractivity contribution >= 4 is 13.8 Å². The van der Waals surface area contributed by atoms with Crippen molar-refractivity contribution in [2.75, 3.05) is 26.3 Å². The molecule has 0 atom stereocenters. The highest BCUT2D eigenvalue weighted by Gasteiger charge is 2.47. The molecule has 38 heavy (non-hydrogen) atoms. The Kier molecular flexibility index (Phi) is 18.3. The van der Waals surface area contributed by atoms with E-state index in [1.165, 1.54) is 31.7 Å². The molecule has 2 saturated heterocycles. The van der Waals surface area contributed by atoms with Crippen LogP contribution in [0, 0.1) is 29.8 Å². The van der Waals surface area contributed by atoms with Crippen LogP contribution in [0.2, 0.25) is 0 Å². The zero-order valence-corrected chi connectivity index (χ0v) is 23.1. The summed E-state index contributed by atoms with van der Waals surface area (Å²) >= 11 is 0. The summed E-state index contributed by atoms with van der Waals surface area (Å²) in [5.74, 6) is -1.88. The van der Waals surface area contributed by atoms with Gasteiger partial charge in [-0.05, 0) is 61.3 Å². The number of carbonyl (C=O) groups excluding carboxylic acids is 1. The van der Waals surface area contributed by atoms with E-state index in [2.05, 4.69) is 5.64 Å². The molecule has 213 valence electrons. The number of nitrogens with zero attached hydrogens (tertiary/aromatic N) is 1. The number of ether oxygens (including phenoxy) is 1. The SMILES string of the molecule is C1COC1.CC.CC.Cc1cccc(-c2cc(F)cc(F)c2)c1F.N[B]C(F)F.O=CN1CCC2(CC2)C1. The van der Waals surface area contributed by atoms with Gasteiger partial charge in [0.2, 0.25) is 12.7 Å². The highest BCUT2D eigenvalue weighted by Crippen LogP contribution is 2.52. The van der Waals surface area contributed by atoms with E-state index < -0.39 is 23.8 Å². The number of hydrogen-bond donors (Lipinski definition) is 1. The molecule has 1 saturated carbocycles. The lowest BCUT2D eigenvalue weighted by atomic mass is 10.0. The number of nitrogens with two attached hydrogens (primary N) is 1. The zero-order chi connectivity index (χ0) is 29.1. The van der Waals surface area contributed by atoms with Crippen LogP contribution in [0.3, 0.4) is 0 Å². The van der Waals surface area contributed by atoms with Crippen molar-refractivity contribution < 1.29 is 31.5 Å². The average Bonchev–Trinajstić information content (AvgIpc) is 3.51. The molecule has 0 unspecified atom stereocenters. The highest BCUT2D eigenvalue weighted by atomic mass is 19.3. The van der Waals surface area contributed by atoms with Gasteiger partial charge < -0.3 is 15.3 Å². The number of hydrogen-bond acceptors (Lipinski definition) is 3. The Morgan fingerprint density at radius 1 is 1.00 bits per heavy atom. The summed E-state index contributed by atoms with van der Waals surface area (Å²) in [6, 6.07) is 7.74. The van der Waals surface area contributed by atoms with Gasteiger partial charge in [0.05, 0.1) is 0 Å². The molecule has 2 aromatic rings. The van der Waals surface area contributed by atoms with E-state index in [4.69, 9.17) is 4.74 Å². The van der Waals surface area contributed by atoms with Gasteiger partial charge >= 0.3 is 0 Å². The zero-order valence-electron chi connectivity index (χ0n) is 23.1. The van der Waals surface area contributed by atoms with E-state index in [0.29, 0.717) is 18.4 Å². The van der Waals surface area contributed by atoms with Crippen LogP contribution in [0.15, 0.2) is 36.4 Å². The summed E-state index contributed by atoms with van der Waals surface area (Å²) in [5.41, 5.74) is 5.77. The molecule has 0 bridgehead atoms. The van der Waals surface area contributed by atoms with E-state index in [0.717, 1.165) is 50.9 Å². The van der Waals surface area contributed by atoms with Crippen molar-refractivity contribution in [2.45, 2.75) is 66.6 Å². The number of benzene rings is 2. The van der Waals surface area contributed by atoms with Crippen molar-refractivity contribution in [3.05, 3.63) is 59.4 Å². The highest BCUT2D eigenvalue weighted by molar-refractivity contribution is 6.31. The predicted molar refractivity (Wildman–Crippen MR) is 144 cm³/mol. The quantitative estimate of drug-likeness (QED) is 0.259. The lowest BCUT2D eigenvalue weighted by Gasteiger charge is -2.09. The molecular formula is C28H41BF5N2O2. The number of halogens is 5. The summed E-state index contributed by atoms with van der Waals surface area (Å²) in [6.07, 6.45) is 3.77. The fraction of sp³-hybridized carbons (Fsp3) is 0.536. The second-order valence-corrected chi connectivity index (χ2v) is 8.41. The van der Waals surface area contributed by atoms with Crippen LogP contribution in [-0.2, 0) is 9.53 Å². The molecule has 1 aliphatic carbocycles. The van der Waals surface area contributed by atoms with Crippen molar-refractivity contribution in [1.29, 1.82) is 0 Å². The smallest absolute Gasteiger partial charge is 0.291 e. The minimum atomic E-state index is -2.46. The van der Waals surface area contributed by atoms with E-state index in [1.807, 2.05) is 32.6 Å². The van der Waals surface area contributed by atoms with Gasteiger partial charge in [0.1, 0.15) is 17.5 Å². The Bertz CT molecular complexity index is 902. The largest absolute Gasteiger partial charge is 0.381 e. The van der Waals surface area contributed by atoms with Gasteiger partial charge in [-0.3, -0.25) is 4.79 Å². The average molecular weight is 543 g/mol.